The fourth-order valence-electron chi connectivity index (χ4n) is 2.04. The normalized spacial score (nSPS) is 12.4. The molecule has 0 fully saturated rings. The molecule has 0 heterocycles. The highest BCUT2D eigenvalue weighted by Crippen LogP contribution is 2.25. The Kier molecular flexibility index (Phi) is 6.81. The molecule has 2 heteroatoms. The second-order valence-electron chi connectivity index (χ2n) is 5.09. The Hall–Kier alpha value is -1.02. The molecule has 0 unspecified atom stereocenters. The predicted molar refractivity (Wildman–Crippen MR) is 78.0 cm³/mol. The summed E-state index contributed by atoms with van der Waals surface area (Å²) in [7, 11) is 0. The maximum atomic E-state index is 5.97. The summed E-state index contributed by atoms with van der Waals surface area (Å²) >= 11 is 0. The van der Waals surface area contributed by atoms with Gasteiger partial charge in [0, 0.05) is 11.6 Å². The Morgan fingerprint density at radius 1 is 1.17 bits per heavy atom. The van der Waals surface area contributed by atoms with Crippen LogP contribution in [0.25, 0.3) is 0 Å². The van der Waals surface area contributed by atoms with Gasteiger partial charge in [-0.2, -0.15) is 0 Å². The maximum Gasteiger partial charge on any atom is 0.124 e. The second-order valence-corrected chi connectivity index (χ2v) is 5.09. The van der Waals surface area contributed by atoms with Crippen molar-refractivity contribution < 1.29 is 4.74 Å². The van der Waals surface area contributed by atoms with E-state index in [0.29, 0.717) is 0 Å². The molecule has 0 aliphatic rings. The minimum absolute atomic E-state index is 0.0278. The molecule has 0 bridgehead atoms. The molecule has 1 atom stereocenters. The van der Waals surface area contributed by atoms with E-state index in [2.05, 4.69) is 26.0 Å². The zero-order valence-electron chi connectivity index (χ0n) is 12.0. The molecule has 0 radical (unpaired) electrons. The molecule has 0 aliphatic heterocycles. The zero-order chi connectivity index (χ0) is 13.4. The van der Waals surface area contributed by atoms with Gasteiger partial charge in [-0.15, -0.1) is 0 Å². The second kappa shape index (κ2) is 8.15. The topological polar surface area (TPSA) is 35.2 Å². The molecule has 18 heavy (non-hydrogen) atoms. The lowest BCUT2D eigenvalue weighted by Gasteiger charge is -2.14. The Labute approximate surface area is 112 Å². The standard InChI is InChI=1S/C16H27NO/c1-4-5-6-7-8-11-18-16-10-9-13(2)12-15(16)14(3)17/h9-10,12,14H,4-8,11,17H2,1-3H3/t14-/m0/s1. The third-order valence-electron chi connectivity index (χ3n) is 3.16. The SMILES string of the molecule is CCCCCCCOc1ccc(C)cc1[C@H](C)N. The smallest absolute Gasteiger partial charge is 0.124 e. The van der Waals surface area contributed by atoms with Crippen LogP contribution < -0.4 is 10.5 Å². The van der Waals surface area contributed by atoms with Gasteiger partial charge in [-0.3, -0.25) is 0 Å². The lowest BCUT2D eigenvalue weighted by Crippen LogP contribution is -2.09. The monoisotopic (exact) mass is 249 g/mol. The average Bonchev–Trinajstić information content (AvgIpc) is 2.35. The zero-order valence-corrected chi connectivity index (χ0v) is 12.0. The van der Waals surface area contributed by atoms with Gasteiger partial charge in [0.25, 0.3) is 0 Å². The fraction of sp³-hybridized carbons (Fsp3) is 0.625. The molecule has 102 valence electrons. The van der Waals surface area contributed by atoms with E-state index in [1.807, 2.05) is 13.0 Å². The summed E-state index contributed by atoms with van der Waals surface area (Å²) in [6.45, 7) is 7.12. The van der Waals surface area contributed by atoms with Gasteiger partial charge in [-0.05, 0) is 26.3 Å². The van der Waals surface area contributed by atoms with Crippen molar-refractivity contribution in [2.75, 3.05) is 6.61 Å². The van der Waals surface area contributed by atoms with Crippen molar-refractivity contribution in [1.82, 2.24) is 0 Å². The summed E-state index contributed by atoms with van der Waals surface area (Å²) < 4.78 is 5.85. The largest absolute Gasteiger partial charge is 0.493 e. The number of ether oxygens (including phenoxy) is 1. The summed E-state index contributed by atoms with van der Waals surface area (Å²) in [4.78, 5) is 0. The quantitative estimate of drug-likeness (QED) is 0.695. The van der Waals surface area contributed by atoms with Gasteiger partial charge < -0.3 is 10.5 Å². The van der Waals surface area contributed by atoms with E-state index < -0.39 is 0 Å². The van der Waals surface area contributed by atoms with Gasteiger partial charge in [-0.25, -0.2) is 0 Å². The lowest BCUT2D eigenvalue weighted by atomic mass is 10.1. The van der Waals surface area contributed by atoms with Crippen LogP contribution in [0.1, 0.15) is 63.1 Å². The van der Waals surface area contributed by atoms with Gasteiger partial charge >= 0.3 is 0 Å². The molecule has 1 aromatic carbocycles. The Bertz CT molecular complexity index is 347. The van der Waals surface area contributed by atoms with Gasteiger partial charge in [0.1, 0.15) is 5.75 Å². The van der Waals surface area contributed by atoms with Crippen LogP contribution in [0.2, 0.25) is 0 Å². The van der Waals surface area contributed by atoms with Crippen molar-refractivity contribution in [3.05, 3.63) is 29.3 Å². The molecule has 0 saturated heterocycles. The van der Waals surface area contributed by atoms with Gasteiger partial charge in [-0.1, -0.05) is 50.3 Å². The van der Waals surface area contributed by atoms with E-state index >= 15 is 0 Å². The Morgan fingerprint density at radius 3 is 2.56 bits per heavy atom. The number of benzene rings is 1. The molecule has 2 nitrogen and oxygen atoms in total. The summed E-state index contributed by atoms with van der Waals surface area (Å²) in [5, 5.41) is 0. The molecule has 1 aromatic rings. The van der Waals surface area contributed by atoms with E-state index in [1.54, 1.807) is 0 Å². The van der Waals surface area contributed by atoms with E-state index in [1.165, 1.54) is 31.2 Å². The molecule has 0 aromatic heterocycles. The molecular weight excluding hydrogens is 222 g/mol. The molecule has 0 aliphatic carbocycles. The van der Waals surface area contributed by atoms with Crippen molar-refractivity contribution >= 4 is 0 Å². The average molecular weight is 249 g/mol. The first kappa shape index (κ1) is 15.0. The third-order valence-corrected chi connectivity index (χ3v) is 3.16. The highest BCUT2D eigenvalue weighted by atomic mass is 16.5. The minimum Gasteiger partial charge on any atom is -0.493 e. The number of hydrogen-bond donors (Lipinski definition) is 1. The number of rotatable bonds is 8. The molecule has 0 spiro atoms. The first-order valence-corrected chi connectivity index (χ1v) is 7.14. The van der Waals surface area contributed by atoms with Gasteiger partial charge in [0.2, 0.25) is 0 Å². The van der Waals surface area contributed by atoms with Crippen LogP contribution in [0.5, 0.6) is 5.75 Å². The van der Waals surface area contributed by atoms with E-state index in [0.717, 1.165) is 24.3 Å². The van der Waals surface area contributed by atoms with Gasteiger partial charge in [0.05, 0.1) is 6.61 Å². The molecule has 0 saturated carbocycles. The number of unbranched alkanes of at least 4 members (excludes halogenated alkanes) is 4. The number of hydrogen-bond acceptors (Lipinski definition) is 2. The minimum atomic E-state index is 0.0278. The molecule has 0 amide bonds. The fourth-order valence-corrected chi connectivity index (χ4v) is 2.04. The van der Waals surface area contributed by atoms with Crippen molar-refractivity contribution in [1.29, 1.82) is 0 Å². The van der Waals surface area contributed by atoms with Crippen LogP contribution in [0.15, 0.2) is 18.2 Å². The summed E-state index contributed by atoms with van der Waals surface area (Å²) in [6.07, 6.45) is 6.32. The van der Waals surface area contributed by atoms with Crippen molar-refractivity contribution in [3.63, 3.8) is 0 Å². The van der Waals surface area contributed by atoms with Crippen molar-refractivity contribution in [2.45, 2.75) is 58.9 Å². The van der Waals surface area contributed by atoms with Crippen molar-refractivity contribution in [3.8, 4) is 5.75 Å². The first-order chi connectivity index (χ1) is 8.65. The van der Waals surface area contributed by atoms with E-state index in [4.69, 9.17) is 10.5 Å². The predicted octanol–water partition coefficient (Wildman–Crippen LogP) is 4.36. The summed E-state index contributed by atoms with van der Waals surface area (Å²) in [6, 6.07) is 6.27. The highest BCUT2D eigenvalue weighted by Gasteiger charge is 2.08. The molecule has 1 rings (SSSR count). The third kappa shape index (κ3) is 5.09. The highest BCUT2D eigenvalue weighted by molar-refractivity contribution is 5.38. The van der Waals surface area contributed by atoms with Crippen LogP contribution >= 0.6 is 0 Å². The first-order valence-electron chi connectivity index (χ1n) is 7.14. The summed E-state index contributed by atoms with van der Waals surface area (Å²) in [5.41, 5.74) is 8.32. The van der Waals surface area contributed by atoms with E-state index in [9.17, 15) is 0 Å². The maximum absolute atomic E-state index is 5.97. The lowest BCUT2D eigenvalue weighted by molar-refractivity contribution is 0.300. The van der Waals surface area contributed by atoms with Crippen molar-refractivity contribution in [2.24, 2.45) is 5.73 Å². The van der Waals surface area contributed by atoms with E-state index in [-0.39, 0.29) is 6.04 Å². The number of aryl methyl sites for hydroxylation is 1. The Balaban J connectivity index is 2.42. The van der Waals surface area contributed by atoms with Crippen LogP contribution in [0.4, 0.5) is 0 Å². The van der Waals surface area contributed by atoms with Gasteiger partial charge in [0.15, 0.2) is 0 Å². The summed E-state index contributed by atoms with van der Waals surface area (Å²) in [5.74, 6) is 0.950. The molecular formula is C16H27NO. The Morgan fingerprint density at radius 2 is 1.89 bits per heavy atom. The van der Waals surface area contributed by atoms with Crippen LogP contribution in [0.3, 0.4) is 0 Å². The number of nitrogens with two attached hydrogens (primary N) is 1. The van der Waals surface area contributed by atoms with Crippen LogP contribution in [0, 0.1) is 6.92 Å². The molecule has 2 N–H and O–H groups in total. The van der Waals surface area contributed by atoms with Crippen LogP contribution in [-0.2, 0) is 0 Å². The van der Waals surface area contributed by atoms with Crippen LogP contribution in [-0.4, -0.2) is 6.61 Å².